The van der Waals surface area contributed by atoms with Crippen molar-refractivity contribution in [3.05, 3.63) is 29.8 Å². The monoisotopic (exact) mass is 705 g/mol. The van der Waals surface area contributed by atoms with Gasteiger partial charge in [0.2, 0.25) is 0 Å². The first-order chi connectivity index (χ1) is 21.7. The van der Waals surface area contributed by atoms with Gasteiger partial charge in [0.1, 0.15) is 41.2 Å². The maximum absolute atomic E-state index is 12.4. The summed E-state index contributed by atoms with van der Waals surface area (Å²) in [5.41, 5.74) is -1.15. The molecule has 5 N–H and O–H groups in total. The van der Waals surface area contributed by atoms with Gasteiger partial charge in [-0.2, -0.15) is 12.6 Å². The van der Waals surface area contributed by atoms with Gasteiger partial charge in [0.05, 0.1) is 7.11 Å². The molecule has 0 saturated carbocycles. The van der Waals surface area contributed by atoms with Crippen molar-refractivity contribution in [3.63, 3.8) is 0 Å². The van der Waals surface area contributed by atoms with Crippen LogP contribution in [-0.2, 0) is 35.1 Å². The highest BCUT2D eigenvalue weighted by molar-refractivity contribution is 7.80. The maximum Gasteiger partial charge on any atom is 0.411 e. The van der Waals surface area contributed by atoms with Gasteiger partial charge in [-0.15, -0.1) is 0 Å². The van der Waals surface area contributed by atoms with Gasteiger partial charge >= 0.3 is 36.2 Å². The van der Waals surface area contributed by atoms with Crippen molar-refractivity contribution in [1.82, 2.24) is 15.5 Å². The predicted molar refractivity (Wildman–Crippen MR) is 178 cm³/mol. The van der Waals surface area contributed by atoms with Gasteiger partial charge in [0.25, 0.3) is 0 Å². The van der Waals surface area contributed by atoms with Crippen LogP contribution in [0.2, 0.25) is 0 Å². The smallest absolute Gasteiger partial charge is 0.411 e. The third kappa shape index (κ3) is 23.9. The van der Waals surface area contributed by atoms with Crippen molar-refractivity contribution in [2.24, 2.45) is 0 Å². The molecular formula is C31H51N3O13S. The summed E-state index contributed by atoms with van der Waals surface area (Å²) in [6, 6.07) is 5.03. The van der Waals surface area contributed by atoms with E-state index in [2.05, 4.69) is 23.3 Å². The maximum atomic E-state index is 12.4. The van der Waals surface area contributed by atoms with Crippen molar-refractivity contribution in [1.29, 1.82) is 0 Å². The number of nitrogens with zero attached hydrogens (tertiary/aromatic N) is 1. The second-order valence-electron chi connectivity index (χ2n) is 12.9. The van der Waals surface area contributed by atoms with Gasteiger partial charge in [-0.05, 0) is 86.9 Å². The molecule has 0 spiro atoms. The minimum Gasteiger partial charge on any atom is -0.497 e. The Kier molecular flexibility index (Phi) is 19.8. The summed E-state index contributed by atoms with van der Waals surface area (Å²) in [5.74, 6) is -2.64. The number of carboxylic acid groups (broad SMARTS) is 3. The van der Waals surface area contributed by atoms with Crippen molar-refractivity contribution in [3.8, 4) is 5.75 Å². The number of thiol groups is 1. The minimum absolute atomic E-state index is 0.00920. The molecule has 0 aliphatic heterocycles. The van der Waals surface area contributed by atoms with Gasteiger partial charge in [-0.25, -0.2) is 19.2 Å². The van der Waals surface area contributed by atoms with Crippen LogP contribution in [-0.4, -0.2) is 105 Å². The second-order valence-corrected chi connectivity index (χ2v) is 13.3. The average Bonchev–Trinajstić information content (AvgIpc) is 2.89. The molecule has 0 bridgehead atoms. The first kappa shape index (κ1) is 45.7. The van der Waals surface area contributed by atoms with Gasteiger partial charge in [0, 0.05) is 12.3 Å². The lowest BCUT2D eigenvalue weighted by Gasteiger charge is -2.31. The van der Waals surface area contributed by atoms with E-state index in [9.17, 15) is 33.9 Å². The summed E-state index contributed by atoms with van der Waals surface area (Å²) < 4.78 is 20.0. The fraction of sp³-hybridized carbons (Fsp3) is 0.613. The number of carbonyl (C=O) groups excluding carboxylic acids is 3. The molecule has 1 aromatic rings. The molecule has 3 amide bonds. The number of amides is 3. The number of ether oxygens (including phenoxy) is 4. The first-order valence-electron chi connectivity index (χ1n) is 14.6. The highest BCUT2D eigenvalue weighted by Gasteiger charge is 2.32. The van der Waals surface area contributed by atoms with E-state index in [1.165, 1.54) is 11.8 Å². The van der Waals surface area contributed by atoms with E-state index in [0.717, 1.165) is 5.56 Å². The molecule has 0 aliphatic rings. The Balaban J connectivity index is 0. The number of hydrogen-bond donors (Lipinski definition) is 6. The number of carbonyl (C=O) groups is 6. The number of aliphatic carboxylic acids is 3. The molecule has 0 aromatic heterocycles. The highest BCUT2D eigenvalue weighted by atomic mass is 32.1. The zero-order valence-corrected chi connectivity index (χ0v) is 30.3. The van der Waals surface area contributed by atoms with Gasteiger partial charge in [-0.1, -0.05) is 12.1 Å². The Morgan fingerprint density at radius 2 is 1.23 bits per heavy atom. The third-order valence-electron chi connectivity index (χ3n) is 4.86. The first-order valence-corrected chi connectivity index (χ1v) is 15.2. The second kappa shape index (κ2) is 20.7. The van der Waals surface area contributed by atoms with E-state index in [0.29, 0.717) is 5.75 Å². The molecule has 0 aliphatic carbocycles. The molecule has 0 saturated heterocycles. The molecule has 1 aromatic carbocycles. The van der Waals surface area contributed by atoms with Crippen LogP contribution in [0.3, 0.4) is 0 Å². The third-order valence-corrected chi connectivity index (χ3v) is 5.21. The largest absolute Gasteiger partial charge is 0.497 e. The normalized spacial score (nSPS) is 12.2. The fourth-order valence-corrected chi connectivity index (χ4v) is 3.22. The van der Waals surface area contributed by atoms with Crippen molar-refractivity contribution in [2.75, 3.05) is 19.4 Å². The number of carboxylic acids is 3. The van der Waals surface area contributed by atoms with Crippen LogP contribution < -0.4 is 15.4 Å². The van der Waals surface area contributed by atoms with Crippen LogP contribution in [0.5, 0.6) is 5.75 Å². The Bertz CT molecular complexity index is 1200. The molecule has 17 heteroatoms. The summed E-state index contributed by atoms with van der Waals surface area (Å²) in [7, 11) is 1.56. The number of nitrogens with one attached hydrogen (secondary N) is 2. The Morgan fingerprint density at radius 3 is 1.58 bits per heavy atom. The van der Waals surface area contributed by atoms with E-state index in [-0.39, 0.29) is 12.3 Å². The van der Waals surface area contributed by atoms with Gasteiger partial charge < -0.3 is 44.9 Å². The van der Waals surface area contributed by atoms with Crippen LogP contribution >= 0.6 is 12.6 Å². The van der Waals surface area contributed by atoms with Crippen LogP contribution in [0, 0.1) is 0 Å². The number of hydrogen-bond acceptors (Lipinski definition) is 11. The topological polar surface area (TPSA) is 227 Å². The molecule has 48 heavy (non-hydrogen) atoms. The van der Waals surface area contributed by atoms with E-state index in [1.807, 2.05) is 0 Å². The fourth-order valence-electron chi connectivity index (χ4n) is 2.87. The van der Waals surface area contributed by atoms with Crippen LogP contribution in [0.4, 0.5) is 14.4 Å². The summed E-state index contributed by atoms with van der Waals surface area (Å²) >= 11 is 4.05. The number of rotatable bonds is 10. The standard InChI is InChI=1S/C16H23NO5S.C8H15NO4.C7H13NO4/c1-16(2,3)22-15(20)17(13(10-23)14(18)19)9-11-5-7-12(21-4)8-6-11;1-5(6(10)11)9-7(12)13-8(2,3)4;1-7(2,3)12-6(11)8-4-5(9)10/h5-8,13,23H,9-10H2,1-4H3,(H,18,19);5H,1-4H3,(H,9,12)(H,10,11);4H2,1-3H3,(H,8,11)(H,9,10)/t13-;5-;/m11./s1. The number of benzene rings is 1. The molecule has 0 radical (unpaired) electrons. The lowest BCUT2D eigenvalue weighted by atomic mass is 10.1. The lowest BCUT2D eigenvalue weighted by molar-refractivity contribution is -0.142. The predicted octanol–water partition coefficient (Wildman–Crippen LogP) is 4.40. The molecule has 2 atom stereocenters. The SMILES string of the molecule is CC(C)(C)OC(=O)NCC(=O)O.COc1ccc(CN(C(=O)OC(C)(C)C)[C@H](CS)C(=O)O)cc1.C[C@@H](NC(=O)OC(C)(C)C)C(=O)O. The van der Waals surface area contributed by atoms with Gasteiger partial charge in [0.15, 0.2) is 0 Å². The molecule has 0 heterocycles. The lowest BCUT2D eigenvalue weighted by Crippen LogP contribution is -2.47. The Hall–Kier alpha value is -4.41. The quantitative estimate of drug-likeness (QED) is 0.147. The van der Waals surface area contributed by atoms with Crippen molar-refractivity contribution in [2.45, 2.75) is 105 Å². The molecule has 274 valence electrons. The Labute approximate surface area is 286 Å². The van der Waals surface area contributed by atoms with Gasteiger partial charge in [-0.3, -0.25) is 14.5 Å². The average molecular weight is 706 g/mol. The van der Waals surface area contributed by atoms with E-state index < -0.39 is 71.6 Å². The number of alkyl carbamates (subject to hydrolysis) is 2. The van der Waals surface area contributed by atoms with E-state index >= 15 is 0 Å². The zero-order valence-electron chi connectivity index (χ0n) is 29.4. The van der Waals surface area contributed by atoms with E-state index in [4.69, 9.17) is 29.2 Å². The summed E-state index contributed by atoms with van der Waals surface area (Å²) in [6.07, 6.45) is -2.12. The molecule has 16 nitrogen and oxygen atoms in total. The van der Waals surface area contributed by atoms with E-state index in [1.54, 1.807) is 93.7 Å². The van der Waals surface area contributed by atoms with Crippen molar-refractivity contribution < 1.29 is 63.0 Å². The van der Waals surface area contributed by atoms with Crippen LogP contribution in [0.1, 0.15) is 74.8 Å². The zero-order chi connectivity index (χ0) is 38.0. The van der Waals surface area contributed by atoms with Crippen molar-refractivity contribution >= 4 is 48.8 Å². The Morgan fingerprint density at radius 1 is 0.771 bits per heavy atom. The molecule has 0 fully saturated rings. The summed E-state index contributed by atoms with van der Waals surface area (Å²) in [5, 5.41) is 30.2. The summed E-state index contributed by atoms with van der Waals surface area (Å²) in [4.78, 5) is 67.0. The number of methoxy groups -OCH3 is 1. The highest BCUT2D eigenvalue weighted by Crippen LogP contribution is 2.18. The molecule has 0 unspecified atom stereocenters. The molecular weight excluding hydrogens is 654 g/mol. The van der Waals surface area contributed by atoms with Crippen LogP contribution in [0.25, 0.3) is 0 Å². The minimum atomic E-state index is -1.13. The molecule has 1 rings (SSSR count). The van der Waals surface area contributed by atoms with Crippen LogP contribution in [0.15, 0.2) is 24.3 Å². The summed E-state index contributed by atoms with van der Waals surface area (Å²) in [6.45, 7) is 16.5.